The van der Waals surface area contributed by atoms with Gasteiger partial charge in [-0.2, -0.15) is 5.10 Å². The van der Waals surface area contributed by atoms with Gasteiger partial charge in [-0.25, -0.2) is 4.68 Å². The monoisotopic (exact) mass is 363 g/mol. The fraction of sp³-hybridized carbons (Fsp3) is 0.190. The van der Waals surface area contributed by atoms with Gasteiger partial charge in [0.25, 0.3) is 5.91 Å². The minimum absolute atomic E-state index is 0.00491. The van der Waals surface area contributed by atoms with Crippen LogP contribution in [0.1, 0.15) is 22.8 Å². The van der Waals surface area contributed by atoms with E-state index < -0.39 is 0 Å². The summed E-state index contributed by atoms with van der Waals surface area (Å²) in [6.07, 6.45) is 3.60. The Morgan fingerprint density at radius 1 is 1.11 bits per heavy atom. The largest absolute Gasteiger partial charge is 0.484 e. The zero-order chi connectivity index (χ0) is 19.2. The number of carbonyl (C=O) groups excluding carboxylic acids is 2. The number of hydrogen-bond donors (Lipinski definition) is 0. The summed E-state index contributed by atoms with van der Waals surface area (Å²) >= 11 is 0. The molecule has 3 aromatic rings. The smallest absolute Gasteiger partial charge is 0.260 e. The summed E-state index contributed by atoms with van der Waals surface area (Å²) < 4.78 is 7.30. The third-order valence-corrected chi connectivity index (χ3v) is 4.15. The van der Waals surface area contributed by atoms with Crippen LogP contribution in [0.25, 0.3) is 5.69 Å². The predicted molar refractivity (Wildman–Crippen MR) is 102 cm³/mol. The van der Waals surface area contributed by atoms with E-state index in [0.717, 1.165) is 11.3 Å². The van der Waals surface area contributed by atoms with E-state index in [0.29, 0.717) is 17.9 Å². The fourth-order valence-electron chi connectivity index (χ4n) is 2.62. The predicted octanol–water partition coefficient (Wildman–Crippen LogP) is 3.11. The number of nitrogens with zero attached hydrogens (tertiary/aromatic N) is 3. The minimum Gasteiger partial charge on any atom is -0.484 e. The summed E-state index contributed by atoms with van der Waals surface area (Å²) in [5, 5.41) is 4.22. The van der Waals surface area contributed by atoms with Crippen LogP contribution in [0, 0.1) is 0 Å². The molecule has 3 rings (SSSR count). The quantitative estimate of drug-likeness (QED) is 0.605. The molecule has 0 unspecified atom stereocenters. The molecular formula is C21H21N3O3. The highest BCUT2D eigenvalue weighted by Gasteiger charge is 2.11. The zero-order valence-corrected chi connectivity index (χ0v) is 15.3. The van der Waals surface area contributed by atoms with Gasteiger partial charge in [0.1, 0.15) is 5.75 Å². The Hall–Kier alpha value is -3.41. The number of ketones is 1. The van der Waals surface area contributed by atoms with Gasteiger partial charge >= 0.3 is 0 Å². The van der Waals surface area contributed by atoms with Crippen molar-refractivity contribution in [2.75, 3.05) is 13.7 Å². The van der Waals surface area contributed by atoms with Crippen LogP contribution in [0.3, 0.4) is 0 Å². The topological polar surface area (TPSA) is 64.4 Å². The van der Waals surface area contributed by atoms with Crippen LogP contribution in [-0.4, -0.2) is 40.0 Å². The molecule has 0 fully saturated rings. The van der Waals surface area contributed by atoms with Gasteiger partial charge in [-0.1, -0.05) is 12.1 Å². The average Bonchev–Trinajstić information content (AvgIpc) is 3.21. The Morgan fingerprint density at radius 3 is 2.56 bits per heavy atom. The average molecular weight is 363 g/mol. The molecule has 6 nitrogen and oxygen atoms in total. The van der Waals surface area contributed by atoms with Gasteiger partial charge in [0.2, 0.25) is 0 Å². The molecule has 27 heavy (non-hydrogen) atoms. The molecule has 0 aliphatic heterocycles. The lowest BCUT2D eigenvalue weighted by atomic mass is 10.1. The van der Waals surface area contributed by atoms with E-state index >= 15 is 0 Å². The summed E-state index contributed by atoms with van der Waals surface area (Å²) in [7, 11) is 1.74. The molecule has 0 spiro atoms. The lowest BCUT2D eigenvalue weighted by molar-refractivity contribution is -0.132. The van der Waals surface area contributed by atoms with Crippen LogP contribution in [-0.2, 0) is 11.3 Å². The molecule has 0 aliphatic carbocycles. The van der Waals surface area contributed by atoms with Crippen LogP contribution in [0.5, 0.6) is 5.75 Å². The van der Waals surface area contributed by atoms with Gasteiger partial charge in [-0.15, -0.1) is 0 Å². The van der Waals surface area contributed by atoms with E-state index in [9.17, 15) is 9.59 Å². The lowest BCUT2D eigenvalue weighted by Gasteiger charge is -2.18. The van der Waals surface area contributed by atoms with Crippen LogP contribution < -0.4 is 4.74 Å². The summed E-state index contributed by atoms with van der Waals surface area (Å²) in [6.45, 7) is 1.92. The Balaban J connectivity index is 1.56. The number of benzene rings is 2. The fourth-order valence-corrected chi connectivity index (χ4v) is 2.62. The van der Waals surface area contributed by atoms with Crippen LogP contribution in [0.4, 0.5) is 0 Å². The van der Waals surface area contributed by atoms with E-state index in [1.807, 2.05) is 36.5 Å². The number of carbonyl (C=O) groups is 2. The molecule has 0 aliphatic rings. The first kappa shape index (κ1) is 18.4. The van der Waals surface area contributed by atoms with Gasteiger partial charge in [-0.05, 0) is 55.0 Å². The molecule has 1 amide bonds. The number of amides is 1. The van der Waals surface area contributed by atoms with E-state index in [4.69, 9.17) is 4.74 Å². The molecule has 0 N–H and O–H groups in total. The number of likely N-dealkylation sites (N-methyl/N-ethyl adjacent to an activating group) is 1. The van der Waals surface area contributed by atoms with Crippen molar-refractivity contribution in [2.24, 2.45) is 0 Å². The van der Waals surface area contributed by atoms with E-state index in [-0.39, 0.29) is 18.3 Å². The van der Waals surface area contributed by atoms with Gasteiger partial charge in [0.15, 0.2) is 12.4 Å². The second-order valence-corrected chi connectivity index (χ2v) is 6.24. The maximum atomic E-state index is 12.3. The first-order valence-electron chi connectivity index (χ1n) is 8.59. The van der Waals surface area contributed by atoms with Crippen molar-refractivity contribution in [3.8, 4) is 11.4 Å². The molecule has 1 heterocycles. The first-order chi connectivity index (χ1) is 13.0. The Bertz CT molecular complexity index is 918. The van der Waals surface area contributed by atoms with E-state index in [1.54, 1.807) is 47.1 Å². The van der Waals surface area contributed by atoms with Gasteiger partial charge in [0, 0.05) is 31.5 Å². The number of rotatable bonds is 7. The highest BCUT2D eigenvalue weighted by molar-refractivity contribution is 5.94. The standard InChI is InChI=1S/C21H21N3O3/c1-16(25)18-7-9-20(10-8-18)27-15-21(26)23(2)14-17-5-3-6-19(13-17)24-12-4-11-22-24/h3-13H,14-15H2,1-2H3. The zero-order valence-electron chi connectivity index (χ0n) is 15.3. The maximum absolute atomic E-state index is 12.3. The molecule has 0 saturated heterocycles. The van der Waals surface area contributed by atoms with Crippen LogP contribution >= 0.6 is 0 Å². The first-order valence-corrected chi connectivity index (χ1v) is 8.59. The van der Waals surface area contributed by atoms with E-state index in [1.165, 1.54) is 6.92 Å². The molecule has 0 bridgehead atoms. The molecule has 0 atom stereocenters. The number of ether oxygens (including phenoxy) is 1. The molecular weight excluding hydrogens is 342 g/mol. The number of hydrogen-bond acceptors (Lipinski definition) is 4. The summed E-state index contributed by atoms with van der Waals surface area (Å²) in [4.78, 5) is 25.2. The SMILES string of the molecule is CC(=O)c1ccc(OCC(=O)N(C)Cc2cccc(-n3cccn3)c2)cc1. The third-order valence-electron chi connectivity index (χ3n) is 4.15. The normalized spacial score (nSPS) is 10.4. The second kappa shape index (κ2) is 8.31. The second-order valence-electron chi connectivity index (χ2n) is 6.24. The Labute approximate surface area is 158 Å². The van der Waals surface area contributed by atoms with Crippen molar-refractivity contribution in [3.05, 3.63) is 78.1 Å². The van der Waals surface area contributed by atoms with Crippen molar-refractivity contribution in [1.82, 2.24) is 14.7 Å². The lowest BCUT2D eigenvalue weighted by Crippen LogP contribution is -2.31. The number of aromatic nitrogens is 2. The van der Waals surface area contributed by atoms with Crippen molar-refractivity contribution >= 4 is 11.7 Å². The van der Waals surface area contributed by atoms with Crippen molar-refractivity contribution < 1.29 is 14.3 Å². The highest BCUT2D eigenvalue weighted by atomic mass is 16.5. The Kier molecular flexibility index (Phi) is 5.66. The molecule has 1 aromatic heterocycles. The van der Waals surface area contributed by atoms with E-state index in [2.05, 4.69) is 5.10 Å². The van der Waals surface area contributed by atoms with Crippen LogP contribution in [0.2, 0.25) is 0 Å². The molecule has 0 radical (unpaired) electrons. The van der Waals surface area contributed by atoms with Crippen molar-refractivity contribution in [3.63, 3.8) is 0 Å². The van der Waals surface area contributed by atoms with Crippen LogP contribution in [0.15, 0.2) is 67.0 Å². The van der Waals surface area contributed by atoms with Gasteiger partial charge in [0.05, 0.1) is 5.69 Å². The summed E-state index contributed by atoms with van der Waals surface area (Å²) in [6, 6.07) is 16.5. The van der Waals surface area contributed by atoms with Gasteiger partial charge in [-0.3, -0.25) is 9.59 Å². The Morgan fingerprint density at radius 2 is 1.89 bits per heavy atom. The molecule has 2 aromatic carbocycles. The molecule has 0 saturated carbocycles. The molecule has 6 heteroatoms. The summed E-state index contributed by atoms with van der Waals surface area (Å²) in [5.41, 5.74) is 2.56. The summed E-state index contributed by atoms with van der Waals surface area (Å²) in [5.74, 6) is 0.423. The minimum atomic E-state index is -0.130. The molecule has 138 valence electrons. The maximum Gasteiger partial charge on any atom is 0.260 e. The van der Waals surface area contributed by atoms with Crippen molar-refractivity contribution in [2.45, 2.75) is 13.5 Å². The highest BCUT2D eigenvalue weighted by Crippen LogP contribution is 2.14. The number of Topliss-reactive ketones (excluding diaryl/α,β-unsaturated/α-hetero) is 1. The van der Waals surface area contributed by atoms with Gasteiger partial charge < -0.3 is 9.64 Å². The third kappa shape index (κ3) is 4.82. The van der Waals surface area contributed by atoms with Crippen molar-refractivity contribution in [1.29, 1.82) is 0 Å².